The lowest BCUT2D eigenvalue weighted by Crippen LogP contribution is -2.42. The Hall–Kier alpha value is -4.14. The van der Waals surface area contributed by atoms with Crippen molar-refractivity contribution in [2.24, 2.45) is 0 Å². The Morgan fingerprint density at radius 3 is 2.48 bits per heavy atom. The molecule has 156 valence electrons. The lowest BCUT2D eigenvalue weighted by atomic mass is 10.2. The first-order valence-corrected chi connectivity index (χ1v) is 9.31. The van der Waals surface area contributed by atoms with Gasteiger partial charge in [0.1, 0.15) is 18.2 Å². The zero-order valence-corrected chi connectivity index (χ0v) is 16.1. The van der Waals surface area contributed by atoms with E-state index in [2.05, 4.69) is 10.3 Å². The van der Waals surface area contributed by atoms with Gasteiger partial charge >= 0.3 is 5.69 Å². The number of hydrogen-bond donors (Lipinski definition) is 1. The van der Waals surface area contributed by atoms with E-state index in [-0.39, 0.29) is 23.3 Å². The van der Waals surface area contributed by atoms with Crippen LogP contribution in [0.1, 0.15) is 5.56 Å². The predicted octanol–water partition coefficient (Wildman–Crippen LogP) is 2.52. The molecule has 4 rings (SSSR count). The second kappa shape index (κ2) is 8.31. The van der Waals surface area contributed by atoms with Crippen molar-refractivity contribution in [2.75, 3.05) is 5.32 Å². The molecule has 0 atom stereocenters. The van der Waals surface area contributed by atoms with Crippen molar-refractivity contribution in [2.45, 2.75) is 13.1 Å². The van der Waals surface area contributed by atoms with Gasteiger partial charge in [0, 0.05) is 12.3 Å². The average molecular weight is 422 g/mol. The summed E-state index contributed by atoms with van der Waals surface area (Å²) in [6, 6.07) is 14.7. The van der Waals surface area contributed by atoms with E-state index < -0.39 is 35.3 Å². The number of nitrogens with one attached hydrogen (secondary N) is 1. The molecule has 0 saturated carbocycles. The summed E-state index contributed by atoms with van der Waals surface area (Å²) in [4.78, 5) is 42.6. The molecule has 0 bridgehead atoms. The number of anilines is 1. The molecule has 0 aliphatic heterocycles. The quantitative estimate of drug-likeness (QED) is 0.536. The third-order valence-electron chi connectivity index (χ3n) is 4.68. The van der Waals surface area contributed by atoms with Gasteiger partial charge in [0.25, 0.3) is 5.56 Å². The first kappa shape index (κ1) is 20.1. The fraction of sp³-hybridized carbons (Fsp3) is 0.0909. The minimum Gasteiger partial charge on any atom is -0.322 e. The van der Waals surface area contributed by atoms with Crippen LogP contribution in [-0.4, -0.2) is 20.0 Å². The molecule has 0 spiro atoms. The number of carbonyl (C=O) groups is 1. The number of pyridine rings is 1. The number of fused-ring (bicyclic) bond motifs is 1. The Labute approximate surface area is 174 Å². The van der Waals surface area contributed by atoms with Crippen LogP contribution in [0.3, 0.4) is 0 Å². The lowest BCUT2D eigenvalue weighted by molar-refractivity contribution is -0.116. The van der Waals surface area contributed by atoms with Crippen LogP contribution >= 0.6 is 0 Å². The van der Waals surface area contributed by atoms with Crippen molar-refractivity contribution in [1.29, 1.82) is 0 Å². The molecule has 0 saturated heterocycles. The topological polar surface area (TPSA) is 86.0 Å². The Morgan fingerprint density at radius 1 is 0.968 bits per heavy atom. The van der Waals surface area contributed by atoms with Crippen LogP contribution in [-0.2, 0) is 17.9 Å². The molecule has 1 amide bonds. The van der Waals surface area contributed by atoms with E-state index in [1.54, 1.807) is 24.3 Å². The molecule has 9 heteroatoms. The minimum absolute atomic E-state index is 0.000764. The van der Waals surface area contributed by atoms with E-state index in [0.717, 1.165) is 26.8 Å². The van der Waals surface area contributed by atoms with Gasteiger partial charge < -0.3 is 5.32 Å². The molecule has 2 aromatic carbocycles. The summed E-state index contributed by atoms with van der Waals surface area (Å²) >= 11 is 0. The Morgan fingerprint density at radius 2 is 1.74 bits per heavy atom. The van der Waals surface area contributed by atoms with Gasteiger partial charge in [0.05, 0.1) is 17.7 Å². The highest BCUT2D eigenvalue weighted by molar-refractivity contribution is 5.91. The Balaban J connectivity index is 1.75. The number of carbonyl (C=O) groups excluding carboxylic acids is 1. The van der Waals surface area contributed by atoms with Gasteiger partial charge in [0.15, 0.2) is 5.52 Å². The molecular weight excluding hydrogens is 406 g/mol. The highest BCUT2D eigenvalue weighted by atomic mass is 19.1. The summed E-state index contributed by atoms with van der Waals surface area (Å²) in [5.74, 6) is -2.44. The summed E-state index contributed by atoms with van der Waals surface area (Å²) < 4.78 is 29.0. The van der Waals surface area contributed by atoms with Crippen LogP contribution in [0.4, 0.5) is 14.5 Å². The molecular formula is C22H16F2N4O3. The maximum absolute atomic E-state index is 13.9. The predicted molar refractivity (Wildman–Crippen MR) is 111 cm³/mol. The van der Waals surface area contributed by atoms with Crippen molar-refractivity contribution in [1.82, 2.24) is 14.1 Å². The molecule has 7 nitrogen and oxygen atoms in total. The van der Waals surface area contributed by atoms with E-state index in [1.165, 1.54) is 18.3 Å². The number of aromatic nitrogens is 3. The van der Waals surface area contributed by atoms with Crippen LogP contribution in [0.15, 0.2) is 76.4 Å². The Bertz CT molecular complexity index is 1400. The maximum Gasteiger partial charge on any atom is 0.332 e. The highest BCUT2D eigenvalue weighted by Crippen LogP contribution is 2.15. The van der Waals surface area contributed by atoms with Crippen molar-refractivity contribution in [3.05, 3.63) is 105 Å². The second-order valence-corrected chi connectivity index (χ2v) is 6.79. The SMILES string of the molecule is O=C(Cn1c(=O)n(Cc2ccccc2)c(=O)c2ncccc21)Nc1ccc(F)cc1F. The summed E-state index contributed by atoms with van der Waals surface area (Å²) in [6.07, 6.45) is 1.42. The summed E-state index contributed by atoms with van der Waals surface area (Å²) in [5, 5.41) is 2.31. The van der Waals surface area contributed by atoms with Crippen LogP contribution in [0.5, 0.6) is 0 Å². The van der Waals surface area contributed by atoms with E-state index in [1.807, 2.05) is 6.07 Å². The Kier molecular flexibility index (Phi) is 5.40. The highest BCUT2D eigenvalue weighted by Gasteiger charge is 2.17. The summed E-state index contributed by atoms with van der Waals surface area (Å²) in [5.41, 5.74) is -0.578. The molecule has 0 aliphatic rings. The van der Waals surface area contributed by atoms with Gasteiger partial charge in [-0.2, -0.15) is 0 Å². The molecule has 2 aromatic heterocycles. The summed E-state index contributed by atoms with van der Waals surface area (Å²) in [6.45, 7) is -0.494. The van der Waals surface area contributed by atoms with Gasteiger partial charge in [-0.05, 0) is 29.8 Å². The molecule has 0 aliphatic carbocycles. The fourth-order valence-electron chi connectivity index (χ4n) is 3.23. The third kappa shape index (κ3) is 4.11. The van der Waals surface area contributed by atoms with E-state index in [9.17, 15) is 23.2 Å². The van der Waals surface area contributed by atoms with Gasteiger partial charge in [-0.1, -0.05) is 30.3 Å². The molecule has 0 unspecified atom stereocenters. The average Bonchev–Trinajstić information content (AvgIpc) is 2.77. The number of benzene rings is 2. The smallest absolute Gasteiger partial charge is 0.322 e. The number of halogens is 2. The van der Waals surface area contributed by atoms with Crippen molar-refractivity contribution < 1.29 is 13.6 Å². The molecule has 1 N–H and O–H groups in total. The van der Waals surface area contributed by atoms with E-state index >= 15 is 0 Å². The van der Waals surface area contributed by atoms with Gasteiger partial charge in [-0.25, -0.2) is 18.6 Å². The molecule has 0 radical (unpaired) electrons. The van der Waals surface area contributed by atoms with Crippen LogP contribution < -0.4 is 16.6 Å². The first-order valence-electron chi connectivity index (χ1n) is 9.31. The van der Waals surface area contributed by atoms with Crippen molar-refractivity contribution in [3.8, 4) is 0 Å². The van der Waals surface area contributed by atoms with Crippen LogP contribution in [0, 0.1) is 11.6 Å². The van der Waals surface area contributed by atoms with Crippen LogP contribution in [0.25, 0.3) is 11.0 Å². The minimum atomic E-state index is -0.943. The zero-order chi connectivity index (χ0) is 22.0. The van der Waals surface area contributed by atoms with Gasteiger partial charge in [-0.15, -0.1) is 0 Å². The van der Waals surface area contributed by atoms with E-state index in [0.29, 0.717) is 6.07 Å². The maximum atomic E-state index is 13.9. The molecule has 0 fully saturated rings. The number of hydrogen-bond acceptors (Lipinski definition) is 4. The number of nitrogens with zero attached hydrogens (tertiary/aromatic N) is 3. The molecule has 2 heterocycles. The molecule has 31 heavy (non-hydrogen) atoms. The number of rotatable bonds is 5. The van der Waals surface area contributed by atoms with Gasteiger partial charge in [0.2, 0.25) is 5.91 Å². The van der Waals surface area contributed by atoms with Crippen molar-refractivity contribution >= 4 is 22.6 Å². The standard InChI is InChI=1S/C22H16F2N4O3/c23-15-8-9-17(16(24)11-15)26-19(29)13-27-18-7-4-10-25-20(18)21(30)28(22(27)31)12-14-5-2-1-3-6-14/h1-11H,12-13H2,(H,26,29). The lowest BCUT2D eigenvalue weighted by Gasteiger charge is -2.14. The molecule has 4 aromatic rings. The third-order valence-corrected chi connectivity index (χ3v) is 4.68. The largest absolute Gasteiger partial charge is 0.332 e. The first-order chi connectivity index (χ1) is 14.9. The fourth-order valence-corrected chi connectivity index (χ4v) is 3.23. The van der Waals surface area contributed by atoms with Crippen molar-refractivity contribution in [3.63, 3.8) is 0 Å². The van der Waals surface area contributed by atoms with Gasteiger partial charge in [-0.3, -0.25) is 18.7 Å². The normalized spacial score (nSPS) is 10.9. The number of amides is 1. The summed E-state index contributed by atoms with van der Waals surface area (Å²) in [7, 11) is 0. The van der Waals surface area contributed by atoms with E-state index in [4.69, 9.17) is 0 Å². The second-order valence-electron chi connectivity index (χ2n) is 6.79. The monoisotopic (exact) mass is 422 g/mol. The zero-order valence-electron chi connectivity index (χ0n) is 16.1. The van der Waals surface area contributed by atoms with Crippen LogP contribution in [0.2, 0.25) is 0 Å².